The van der Waals surface area contributed by atoms with E-state index in [1.807, 2.05) is 30.3 Å². The first-order valence-electron chi connectivity index (χ1n) is 6.27. The predicted molar refractivity (Wildman–Crippen MR) is 70.8 cm³/mol. The molecule has 2 unspecified atom stereocenters. The summed E-state index contributed by atoms with van der Waals surface area (Å²) < 4.78 is 5.45. The van der Waals surface area contributed by atoms with Crippen molar-refractivity contribution >= 4 is 5.97 Å². The van der Waals surface area contributed by atoms with E-state index in [0.29, 0.717) is 12.0 Å². The fraction of sp³-hybridized carbons (Fsp3) is 0.188. The number of hydrogen-bond acceptors (Lipinski definition) is 3. The summed E-state index contributed by atoms with van der Waals surface area (Å²) in [5.74, 6) is -0.402. The number of aliphatic hydroxyl groups is 1. The van der Waals surface area contributed by atoms with Crippen molar-refractivity contribution in [2.45, 2.75) is 18.6 Å². The van der Waals surface area contributed by atoms with Gasteiger partial charge in [-0.2, -0.15) is 0 Å². The van der Waals surface area contributed by atoms with E-state index in [2.05, 4.69) is 0 Å². The third kappa shape index (κ3) is 2.25. The molecule has 3 rings (SSSR count). The van der Waals surface area contributed by atoms with E-state index in [1.165, 1.54) is 0 Å². The molecule has 0 amide bonds. The zero-order valence-electron chi connectivity index (χ0n) is 10.3. The first kappa shape index (κ1) is 11.9. The Bertz CT molecular complexity index is 592. The normalized spacial score (nSPS) is 20.9. The lowest BCUT2D eigenvalue weighted by Gasteiger charge is -2.17. The average molecular weight is 254 g/mol. The van der Waals surface area contributed by atoms with Crippen LogP contribution in [-0.2, 0) is 11.2 Å². The number of fused-ring (bicyclic) bond motifs is 1. The van der Waals surface area contributed by atoms with Crippen LogP contribution >= 0.6 is 0 Å². The maximum atomic E-state index is 12.0. The average Bonchev–Trinajstić information content (AvgIpc) is 2.76. The highest BCUT2D eigenvalue weighted by Crippen LogP contribution is 2.34. The van der Waals surface area contributed by atoms with Crippen molar-refractivity contribution in [2.75, 3.05) is 0 Å². The molecule has 19 heavy (non-hydrogen) atoms. The van der Waals surface area contributed by atoms with Crippen molar-refractivity contribution in [2.24, 2.45) is 0 Å². The zero-order valence-corrected chi connectivity index (χ0v) is 10.3. The molecule has 0 bridgehead atoms. The lowest BCUT2D eigenvalue weighted by Crippen LogP contribution is -2.20. The Morgan fingerprint density at radius 3 is 2.53 bits per heavy atom. The van der Waals surface area contributed by atoms with Gasteiger partial charge in [0.2, 0.25) is 0 Å². The molecule has 1 aliphatic rings. The molecule has 0 heterocycles. The van der Waals surface area contributed by atoms with Crippen LogP contribution in [0.25, 0.3) is 0 Å². The summed E-state index contributed by atoms with van der Waals surface area (Å²) in [6.07, 6.45) is -0.697. The number of rotatable bonds is 2. The van der Waals surface area contributed by atoms with Gasteiger partial charge < -0.3 is 9.84 Å². The minimum absolute atomic E-state index is 0.402. The predicted octanol–water partition coefficient (Wildman–Crippen LogP) is 2.50. The van der Waals surface area contributed by atoms with Gasteiger partial charge >= 0.3 is 5.97 Å². The third-order valence-electron chi connectivity index (χ3n) is 3.38. The molecule has 3 heteroatoms. The highest BCUT2D eigenvalue weighted by molar-refractivity contribution is 5.89. The second-order valence-corrected chi connectivity index (χ2v) is 4.66. The Balaban J connectivity index is 1.82. The molecule has 0 aliphatic heterocycles. The summed E-state index contributed by atoms with van der Waals surface area (Å²) in [6.45, 7) is 0. The molecule has 0 fully saturated rings. The molecule has 1 N–H and O–H groups in total. The van der Waals surface area contributed by atoms with Crippen LogP contribution in [0.15, 0.2) is 54.6 Å². The van der Waals surface area contributed by atoms with Gasteiger partial charge in [0.15, 0.2) is 6.10 Å². The number of esters is 1. The maximum absolute atomic E-state index is 12.0. The van der Waals surface area contributed by atoms with Crippen molar-refractivity contribution < 1.29 is 14.6 Å². The van der Waals surface area contributed by atoms with E-state index in [1.54, 1.807) is 24.3 Å². The molecule has 1 aliphatic carbocycles. The number of benzene rings is 2. The van der Waals surface area contributed by atoms with Gasteiger partial charge in [0, 0.05) is 6.42 Å². The molecule has 0 aromatic heterocycles. The van der Waals surface area contributed by atoms with Crippen molar-refractivity contribution in [1.29, 1.82) is 0 Å². The van der Waals surface area contributed by atoms with Gasteiger partial charge in [0.1, 0.15) is 0 Å². The highest BCUT2D eigenvalue weighted by atomic mass is 16.6. The fourth-order valence-corrected chi connectivity index (χ4v) is 2.44. The summed E-state index contributed by atoms with van der Waals surface area (Å²) in [5.41, 5.74) is 2.44. The minimum Gasteiger partial charge on any atom is -0.451 e. The standard InChI is InChI=1S/C16H14O3/c17-14-10-12-8-4-5-9-13(12)15(14)19-16(18)11-6-2-1-3-7-11/h1-9,14-15,17H,10H2. The van der Waals surface area contributed by atoms with Crippen molar-refractivity contribution in [1.82, 2.24) is 0 Å². The highest BCUT2D eigenvalue weighted by Gasteiger charge is 2.33. The third-order valence-corrected chi connectivity index (χ3v) is 3.38. The number of carbonyl (C=O) groups excluding carboxylic acids is 1. The second-order valence-electron chi connectivity index (χ2n) is 4.66. The first-order chi connectivity index (χ1) is 9.25. The van der Waals surface area contributed by atoms with Crippen molar-refractivity contribution in [3.63, 3.8) is 0 Å². The lowest BCUT2D eigenvalue weighted by atomic mass is 10.1. The summed E-state index contributed by atoms with van der Waals surface area (Å²) in [5, 5.41) is 10.0. The van der Waals surface area contributed by atoms with Gasteiger partial charge in [-0.3, -0.25) is 0 Å². The fourth-order valence-electron chi connectivity index (χ4n) is 2.44. The van der Waals surface area contributed by atoms with Crippen LogP contribution in [0.1, 0.15) is 27.6 Å². The number of carbonyl (C=O) groups is 1. The monoisotopic (exact) mass is 254 g/mol. The molecular weight excluding hydrogens is 240 g/mol. The van der Waals surface area contributed by atoms with Gasteiger partial charge in [0.05, 0.1) is 11.7 Å². The summed E-state index contributed by atoms with van der Waals surface area (Å²) in [6, 6.07) is 16.5. The van der Waals surface area contributed by atoms with Crippen LogP contribution in [0, 0.1) is 0 Å². The summed E-state index contributed by atoms with van der Waals surface area (Å²) in [4.78, 5) is 12.0. The first-order valence-corrected chi connectivity index (χ1v) is 6.27. The van der Waals surface area contributed by atoms with Gasteiger partial charge in [-0.15, -0.1) is 0 Å². The summed E-state index contributed by atoms with van der Waals surface area (Å²) >= 11 is 0. The molecule has 2 atom stereocenters. The van der Waals surface area contributed by atoms with Crippen LogP contribution in [0.3, 0.4) is 0 Å². The van der Waals surface area contributed by atoms with Crippen molar-refractivity contribution in [3.05, 3.63) is 71.3 Å². The molecule has 3 nitrogen and oxygen atoms in total. The maximum Gasteiger partial charge on any atom is 0.338 e. The Hall–Kier alpha value is -2.13. The van der Waals surface area contributed by atoms with Gasteiger partial charge in [-0.05, 0) is 23.3 Å². The van der Waals surface area contributed by atoms with E-state index in [0.717, 1.165) is 11.1 Å². The molecule has 2 aromatic carbocycles. The van der Waals surface area contributed by atoms with Gasteiger partial charge in [-0.1, -0.05) is 42.5 Å². The minimum atomic E-state index is -0.662. The molecule has 0 saturated heterocycles. The smallest absolute Gasteiger partial charge is 0.338 e. The molecule has 2 aromatic rings. The van der Waals surface area contributed by atoms with Crippen LogP contribution in [0.4, 0.5) is 0 Å². The number of aliphatic hydroxyl groups excluding tert-OH is 1. The number of hydrogen-bond donors (Lipinski definition) is 1. The Morgan fingerprint density at radius 2 is 1.74 bits per heavy atom. The SMILES string of the molecule is O=C(OC1c2ccccc2CC1O)c1ccccc1. The topological polar surface area (TPSA) is 46.5 Å². The molecular formula is C16H14O3. The quantitative estimate of drug-likeness (QED) is 0.837. The van der Waals surface area contributed by atoms with Crippen LogP contribution in [0.2, 0.25) is 0 Å². The van der Waals surface area contributed by atoms with E-state index < -0.39 is 18.2 Å². The Kier molecular flexibility index (Phi) is 3.05. The van der Waals surface area contributed by atoms with E-state index in [9.17, 15) is 9.90 Å². The zero-order chi connectivity index (χ0) is 13.2. The van der Waals surface area contributed by atoms with Crippen LogP contribution < -0.4 is 0 Å². The van der Waals surface area contributed by atoms with Gasteiger partial charge in [0.25, 0.3) is 0 Å². The van der Waals surface area contributed by atoms with E-state index in [4.69, 9.17) is 4.74 Å². The van der Waals surface area contributed by atoms with Crippen molar-refractivity contribution in [3.8, 4) is 0 Å². The molecule has 0 spiro atoms. The molecule has 0 saturated carbocycles. The van der Waals surface area contributed by atoms with Crippen LogP contribution in [0.5, 0.6) is 0 Å². The van der Waals surface area contributed by atoms with E-state index >= 15 is 0 Å². The van der Waals surface area contributed by atoms with Crippen LogP contribution in [-0.4, -0.2) is 17.2 Å². The Labute approximate surface area is 111 Å². The molecule has 96 valence electrons. The number of ether oxygens (including phenoxy) is 1. The second kappa shape index (κ2) is 4.86. The van der Waals surface area contributed by atoms with Gasteiger partial charge in [-0.25, -0.2) is 4.79 Å². The largest absolute Gasteiger partial charge is 0.451 e. The lowest BCUT2D eigenvalue weighted by molar-refractivity contribution is -0.0116. The van der Waals surface area contributed by atoms with E-state index in [-0.39, 0.29) is 0 Å². The molecule has 0 radical (unpaired) electrons. The Morgan fingerprint density at radius 1 is 1.05 bits per heavy atom. The summed E-state index contributed by atoms with van der Waals surface area (Å²) in [7, 11) is 0.